The van der Waals surface area contributed by atoms with Gasteiger partial charge in [-0.2, -0.15) is 0 Å². The number of carboxylic acids is 1. The summed E-state index contributed by atoms with van der Waals surface area (Å²) in [5, 5.41) is 8.85. The maximum atomic E-state index is 10.8. The van der Waals surface area contributed by atoms with E-state index in [1.54, 1.807) is 6.26 Å². The summed E-state index contributed by atoms with van der Waals surface area (Å²) >= 11 is 0. The smallest absolute Gasteiger partial charge is 0.304 e. The van der Waals surface area contributed by atoms with Crippen molar-refractivity contribution < 1.29 is 14.3 Å². The van der Waals surface area contributed by atoms with E-state index in [0.29, 0.717) is 18.6 Å². The minimum absolute atomic E-state index is 0.196. The molecule has 1 aliphatic rings. The first kappa shape index (κ1) is 13.1. The molecule has 1 heterocycles. The molecule has 18 heavy (non-hydrogen) atoms. The second-order valence-electron chi connectivity index (χ2n) is 5.18. The van der Waals surface area contributed by atoms with Crippen LogP contribution in [0.2, 0.25) is 0 Å². The quantitative estimate of drug-likeness (QED) is 0.874. The summed E-state index contributed by atoms with van der Waals surface area (Å²) in [7, 11) is 0. The van der Waals surface area contributed by atoms with E-state index in [9.17, 15) is 4.79 Å². The highest BCUT2D eigenvalue weighted by Gasteiger charge is 2.29. The molecule has 0 saturated heterocycles. The van der Waals surface area contributed by atoms with Gasteiger partial charge in [0.05, 0.1) is 12.7 Å². The number of hydrogen-bond acceptors (Lipinski definition) is 3. The zero-order valence-corrected chi connectivity index (χ0v) is 11.1. The van der Waals surface area contributed by atoms with E-state index in [4.69, 9.17) is 9.52 Å². The second kappa shape index (κ2) is 5.57. The van der Waals surface area contributed by atoms with Crippen molar-refractivity contribution in [3.63, 3.8) is 0 Å². The van der Waals surface area contributed by atoms with Crippen LogP contribution in [0.15, 0.2) is 16.7 Å². The number of carbonyl (C=O) groups is 1. The van der Waals surface area contributed by atoms with Crippen molar-refractivity contribution in [2.75, 3.05) is 6.54 Å². The number of nitrogens with zero attached hydrogens (tertiary/aromatic N) is 1. The summed E-state index contributed by atoms with van der Waals surface area (Å²) in [6.45, 7) is 4.84. The summed E-state index contributed by atoms with van der Waals surface area (Å²) in [5.74, 6) is 0.344. The molecule has 100 valence electrons. The Bertz CT molecular complexity index is 411. The molecule has 1 atom stereocenters. The number of fused-ring (bicyclic) bond motifs is 1. The predicted molar refractivity (Wildman–Crippen MR) is 68.5 cm³/mol. The number of rotatable bonds is 5. The van der Waals surface area contributed by atoms with Crippen molar-refractivity contribution in [3.8, 4) is 0 Å². The van der Waals surface area contributed by atoms with Gasteiger partial charge in [-0.05, 0) is 32.8 Å². The molecule has 0 radical (unpaired) electrons. The standard InChI is InChI=1S/C14H21NO3/c1-10(2)15(8-6-14(16)17)12-4-3-5-13-11(12)7-9-18-13/h7,9-10,12H,3-6,8H2,1-2H3,(H,16,17). The fourth-order valence-electron chi connectivity index (χ4n) is 2.81. The van der Waals surface area contributed by atoms with E-state index in [1.807, 2.05) is 6.07 Å². The number of aliphatic carboxylic acids is 1. The van der Waals surface area contributed by atoms with Crippen molar-refractivity contribution in [1.82, 2.24) is 4.90 Å². The Hall–Kier alpha value is -1.29. The minimum atomic E-state index is -0.733. The van der Waals surface area contributed by atoms with E-state index in [-0.39, 0.29) is 6.42 Å². The van der Waals surface area contributed by atoms with Gasteiger partial charge >= 0.3 is 5.97 Å². The number of furan rings is 1. The Morgan fingerprint density at radius 3 is 3.06 bits per heavy atom. The third-order valence-corrected chi connectivity index (χ3v) is 3.67. The lowest BCUT2D eigenvalue weighted by atomic mass is 9.91. The second-order valence-corrected chi connectivity index (χ2v) is 5.18. The summed E-state index contributed by atoms with van der Waals surface area (Å²) in [6, 6.07) is 2.69. The van der Waals surface area contributed by atoms with E-state index in [0.717, 1.165) is 25.0 Å². The van der Waals surface area contributed by atoms with Crippen molar-refractivity contribution in [1.29, 1.82) is 0 Å². The largest absolute Gasteiger partial charge is 0.481 e. The number of carboxylic acid groups (broad SMARTS) is 1. The van der Waals surface area contributed by atoms with Crippen LogP contribution >= 0.6 is 0 Å². The van der Waals surface area contributed by atoms with Crippen molar-refractivity contribution in [3.05, 3.63) is 23.7 Å². The molecule has 2 rings (SSSR count). The Kier molecular flexibility index (Phi) is 4.07. The normalized spacial score (nSPS) is 19.2. The molecule has 0 aromatic carbocycles. The molecular formula is C14H21NO3. The minimum Gasteiger partial charge on any atom is -0.481 e. The van der Waals surface area contributed by atoms with Gasteiger partial charge in [-0.25, -0.2) is 0 Å². The Labute approximate surface area is 108 Å². The summed E-state index contributed by atoms with van der Waals surface area (Å²) < 4.78 is 5.50. The highest BCUT2D eigenvalue weighted by molar-refractivity contribution is 5.66. The van der Waals surface area contributed by atoms with E-state index in [1.165, 1.54) is 5.56 Å². The zero-order valence-electron chi connectivity index (χ0n) is 11.1. The molecule has 0 fully saturated rings. The Morgan fingerprint density at radius 1 is 1.61 bits per heavy atom. The van der Waals surface area contributed by atoms with Crippen LogP contribution in [0.3, 0.4) is 0 Å². The van der Waals surface area contributed by atoms with Gasteiger partial charge in [0.2, 0.25) is 0 Å². The lowest BCUT2D eigenvalue weighted by molar-refractivity contribution is -0.137. The van der Waals surface area contributed by atoms with Crippen molar-refractivity contribution in [2.24, 2.45) is 0 Å². The highest BCUT2D eigenvalue weighted by atomic mass is 16.4. The molecule has 1 unspecified atom stereocenters. The van der Waals surface area contributed by atoms with Crippen LogP contribution in [-0.2, 0) is 11.2 Å². The molecule has 4 nitrogen and oxygen atoms in total. The molecule has 1 aromatic rings. The lowest BCUT2D eigenvalue weighted by Crippen LogP contribution is -2.37. The van der Waals surface area contributed by atoms with Gasteiger partial charge in [0.25, 0.3) is 0 Å². The first-order valence-corrected chi connectivity index (χ1v) is 6.63. The van der Waals surface area contributed by atoms with E-state index in [2.05, 4.69) is 18.7 Å². The van der Waals surface area contributed by atoms with E-state index < -0.39 is 5.97 Å². The van der Waals surface area contributed by atoms with Crippen LogP contribution in [0.1, 0.15) is 50.5 Å². The van der Waals surface area contributed by atoms with Crippen molar-refractivity contribution in [2.45, 2.75) is 51.6 Å². The molecule has 1 aromatic heterocycles. The predicted octanol–water partition coefficient (Wildman–Crippen LogP) is 2.84. The van der Waals surface area contributed by atoms with E-state index >= 15 is 0 Å². The first-order chi connectivity index (χ1) is 8.59. The van der Waals surface area contributed by atoms with Crippen LogP contribution in [0, 0.1) is 0 Å². The average molecular weight is 251 g/mol. The SMILES string of the molecule is CC(C)N(CCC(=O)O)C1CCCc2occc21. The summed E-state index contributed by atoms with van der Waals surface area (Å²) in [5.41, 5.74) is 1.25. The topological polar surface area (TPSA) is 53.7 Å². The maximum Gasteiger partial charge on any atom is 0.304 e. The monoisotopic (exact) mass is 251 g/mol. The Morgan fingerprint density at radius 2 is 2.39 bits per heavy atom. The van der Waals surface area contributed by atoms with Crippen LogP contribution in [0.25, 0.3) is 0 Å². The molecule has 0 aliphatic heterocycles. The van der Waals surface area contributed by atoms with Crippen LogP contribution in [-0.4, -0.2) is 28.6 Å². The van der Waals surface area contributed by atoms with Gasteiger partial charge < -0.3 is 9.52 Å². The first-order valence-electron chi connectivity index (χ1n) is 6.63. The summed E-state index contributed by atoms with van der Waals surface area (Å²) in [4.78, 5) is 13.0. The van der Waals surface area contributed by atoms with Crippen LogP contribution in [0.5, 0.6) is 0 Å². The molecular weight excluding hydrogens is 230 g/mol. The molecule has 1 N–H and O–H groups in total. The Balaban J connectivity index is 2.15. The van der Waals surface area contributed by atoms with Crippen LogP contribution in [0.4, 0.5) is 0 Å². The fraction of sp³-hybridized carbons (Fsp3) is 0.643. The third-order valence-electron chi connectivity index (χ3n) is 3.67. The molecule has 0 bridgehead atoms. The summed E-state index contributed by atoms with van der Waals surface area (Å²) in [6.07, 6.45) is 5.15. The molecule has 0 saturated carbocycles. The fourth-order valence-corrected chi connectivity index (χ4v) is 2.81. The van der Waals surface area contributed by atoms with Crippen LogP contribution < -0.4 is 0 Å². The molecule has 1 aliphatic carbocycles. The van der Waals surface area contributed by atoms with Gasteiger partial charge in [0, 0.05) is 30.6 Å². The van der Waals surface area contributed by atoms with Gasteiger partial charge in [0.15, 0.2) is 0 Å². The molecule has 4 heteroatoms. The average Bonchev–Trinajstić information content (AvgIpc) is 2.77. The highest BCUT2D eigenvalue weighted by Crippen LogP contribution is 2.36. The van der Waals surface area contributed by atoms with Gasteiger partial charge in [-0.15, -0.1) is 0 Å². The third kappa shape index (κ3) is 2.75. The maximum absolute atomic E-state index is 10.8. The lowest BCUT2D eigenvalue weighted by Gasteiger charge is -2.36. The molecule has 0 spiro atoms. The van der Waals surface area contributed by atoms with Gasteiger partial charge in [0.1, 0.15) is 5.76 Å². The van der Waals surface area contributed by atoms with Gasteiger partial charge in [-0.3, -0.25) is 9.69 Å². The van der Waals surface area contributed by atoms with Crippen molar-refractivity contribution >= 4 is 5.97 Å². The molecule has 0 amide bonds. The van der Waals surface area contributed by atoms with Gasteiger partial charge in [-0.1, -0.05) is 0 Å². The number of hydrogen-bond donors (Lipinski definition) is 1. The number of aryl methyl sites for hydroxylation is 1. The zero-order chi connectivity index (χ0) is 13.1.